The molecule has 0 aromatic carbocycles. The van der Waals surface area contributed by atoms with Crippen LogP contribution in [0.5, 0.6) is 0 Å². The van der Waals surface area contributed by atoms with Gasteiger partial charge in [-0.15, -0.1) is 0 Å². The van der Waals surface area contributed by atoms with E-state index in [1.165, 1.54) is 6.20 Å². The van der Waals surface area contributed by atoms with Crippen LogP contribution in [0, 0.1) is 5.92 Å². The Bertz CT molecular complexity index is 174. The molecule has 1 aliphatic carbocycles. The highest BCUT2D eigenvalue weighted by Gasteiger charge is 2.26. The SMILES string of the molecule is N/C=C1/CCC[C@H]1C(=O)O. The summed E-state index contributed by atoms with van der Waals surface area (Å²) in [5.41, 5.74) is 6.12. The summed E-state index contributed by atoms with van der Waals surface area (Å²) in [6, 6.07) is 0. The maximum absolute atomic E-state index is 10.5. The summed E-state index contributed by atoms with van der Waals surface area (Å²) in [5.74, 6) is -1.04. The summed E-state index contributed by atoms with van der Waals surface area (Å²) in [5, 5.41) is 8.62. The molecular formula is C7H11NO2. The number of carboxylic acids is 1. The fourth-order valence-electron chi connectivity index (χ4n) is 1.35. The number of aliphatic carboxylic acids is 1. The van der Waals surface area contributed by atoms with Crippen molar-refractivity contribution >= 4 is 5.97 Å². The zero-order chi connectivity index (χ0) is 7.56. The van der Waals surface area contributed by atoms with E-state index >= 15 is 0 Å². The molecule has 1 fully saturated rings. The van der Waals surface area contributed by atoms with Gasteiger partial charge in [-0.25, -0.2) is 0 Å². The quantitative estimate of drug-likeness (QED) is 0.565. The molecule has 1 aliphatic rings. The van der Waals surface area contributed by atoms with Crippen molar-refractivity contribution in [2.75, 3.05) is 0 Å². The summed E-state index contributed by atoms with van der Waals surface area (Å²) in [4.78, 5) is 10.5. The van der Waals surface area contributed by atoms with Gasteiger partial charge in [-0.3, -0.25) is 4.79 Å². The summed E-state index contributed by atoms with van der Waals surface area (Å²) >= 11 is 0. The molecule has 10 heavy (non-hydrogen) atoms. The molecule has 1 atom stereocenters. The van der Waals surface area contributed by atoms with Crippen LogP contribution in [0.1, 0.15) is 19.3 Å². The van der Waals surface area contributed by atoms with E-state index in [4.69, 9.17) is 10.8 Å². The second kappa shape index (κ2) is 2.73. The van der Waals surface area contributed by atoms with Crippen molar-refractivity contribution in [3.63, 3.8) is 0 Å². The molecule has 0 aromatic rings. The third-order valence-corrected chi connectivity index (χ3v) is 1.92. The zero-order valence-corrected chi connectivity index (χ0v) is 5.71. The standard InChI is InChI=1S/C7H11NO2/c8-4-5-2-1-3-6(5)7(9)10/h4,6H,1-3,8H2,(H,9,10)/b5-4-/t6-/m1/s1. The lowest BCUT2D eigenvalue weighted by Crippen LogP contribution is -2.11. The van der Waals surface area contributed by atoms with E-state index in [0.29, 0.717) is 0 Å². The molecule has 3 heteroatoms. The monoisotopic (exact) mass is 141 g/mol. The lowest BCUT2D eigenvalue weighted by Gasteiger charge is -2.02. The Hall–Kier alpha value is -0.990. The molecular weight excluding hydrogens is 130 g/mol. The molecule has 0 unspecified atom stereocenters. The van der Waals surface area contributed by atoms with Gasteiger partial charge in [0.1, 0.15) is 0 Å². The van der Waals surface area contributed by atoms with E-state index in [-0.39, 0.29) is 5.92 Å². The predicted octanol–water partition coefficient (Wildman–Crippen LogP) is 0.714. The van der Waals surface area contributed by atoms with Crippen molar-refractivity contribution in [2.24, 2.45) is 11.7 Å². The lowest BCUT2D eigenvalue weighted by atomic mass is 10.0. The van der Waals surface area contributed by atoms with Gasteiger partial charge in [0.05, 0.1) is 5.92 Å². The molecule has 0 amide bonds. The zero-order valence-electron chi connectivity index (χ0n) is 5.71. The van der Waals surface area contributed by atoms with Crippen molar-refractivity contribution in [2.45, 2.75) is 19.3 Å². The molecule has 1 saturated carbocycles. The maximum atomic E-state index is 10.5. The Labute approximate surface area is 59.5 Å². The van der Waals surface area contributed by atoms with E-state index in [1.54, 1.807) is 0 Å². The average Bonchev–Trinajstić information content (AvgIpc) is 2.33. The Morgan fingerprint density at radius 2 is 2.50 bits per heavy atom. The van der Waals surface area contributed by atoms with Gasteiger partial charge < -0.3 is 10.8 Å². The molecule has 3 N–H and O–H groups in total. The Morgan fingerprint density at radius 1 is 1.80 bits per heavy atom. The van der Waals surface area contributed by atoms with Crippen LogP contribution in [0.2, 0.25) is 0 Å². The molecule has 56 valence electrons. The van der Waals surface area contributed by atoms with Crippen LogP contribution in [0.4, 0.5) is 0 Å². The number of carbonyl (C=O) groups is 1. The predicted molar refractivity (Wildman–Crippen MR) is 37.2 cm³/mol. The first-order valence-electron chi connectivity index (χ1n) is 3.39. The smallest absolute Gasteiger partial charge is 0.310 e. The minimum absolute atomic E-state index is 0.301. The largest absolute Gasteiger partial charge is 0.481 e. The first-order valence-corrected chi connectivity index (χ1v) is 3.39. The number of nitrogens with two attached hydrogens (primary N) is 1. The number of hydrogen-bond donors (Lipinski definition) is 2. The van der Waals surface area contributed by atoms with Crippen LogP contribution in [-0.4, -0.2) is 11.1 Å². The van der Waals surface area contributed by atoms with Crippen LogP contribution < -0.4 is 5.73 Å². The van der Waals surface area contributed by atoms with Gasteiger partial charge >= 0.3 is 5.97 Å². The molecule has 0 bridgehead atoms. The third-order valence-electron chi connectivity index (χ3n) is 1.92. The Kier molecular flexibility index (Phi) is 1.94. The van der Waals surface area contributed by atoms with Gasteiger partial charge in [-0.2, -0.15) is 0 Å². The van der Waals surface area contributed by atoms with Crippen molar-refractivity contribution < 1.29 is 9.90 Å². The molecule has 0 spiro atoms. The lowest BCUT2D eigenvalue weighted by molar-refractivity contribution is -0.140. The minimum atomic E-state index is -0.741. The Morgan fingerprint density at radius 3 is 2.90 bits per heavy atom. The average molecular weight is 141 g/mol. The highest BCUT2D eigenvalue weighted by Crippen LogP contribution is 2.29. The fourth-order valence-corrected chi connectivity index (χ4v) is 1.35. The van der Waals surface area contributed by atoms with E-state index in [9.17, 15) is 4.79 Å². The van der Waals surface area contributed by atoms with E-state index < -0.39 is 5.97 Å². The molecule has 0 aliphatic heterocycles. The molecule has 0 aromatic heterocycles. The maximum Gasteiger partial charge on any atom is 0.310 e. The second-order valence-corrected chi connectivity index (χ2v) is 2.52. The summed E-state index contributed by atoms with van der Waals surface area (Å²) in [7, 11) is 0. The highest BCUT2D eigenvalue weighted by atomic mass is 16.4. The minimum Gasteiger partial charge on any atom is -0.481 e. The van der Waals surface area contributed by atoms with E-state index in [1.807, 2.05) is 0 Å². The van der Waals surface area contributed by atoms with Gasteiger partial charge in [-0.05, 0) is 31.0 Å². The van der Waals surface area contributed by atoms with E-state index in [2.05, 4.69) is 0 Å². The third kappa shape index (κ3) is 1.12. The number of hydrogen-bond acceptors (Lipinski definition) is 2. The van der Waals surface area contributed by atoms with Crippen LogP contribution in [0.15, 0.2) is 11.8 Å². The first kappa shape index (κ1) is 7.12. The summed E-state index contributed by atoms with van der Waals surface area (Å²) < 4.78 is 0. The van der Waals surface area contributed by atoms with Crippen LogP contribution in [-0.2, 0) is 4.79 Å². The first-order chi connectivity index (χ1) is 4.75. The van der Waals surface area contributed by atoms with Crippen molar-refractivity contribution in [3.05, 3.63) is 11.8 Å². The summed E-state index contributed by atoms with van der Waals surface area (Å²) in [6.07, 6.45) is 4.00. The van der Waals surface area contributed by atoms with Crippen molar-refractivity contribution in [1.29, 1.82) is 0 Å². The fraction of sp³-hybridized carbons (Fsp3) is 0.571. The molecule has 0 heterocycles. The van der Waals surface area contributed by atoms with Gasteiger partial charge in [0.15, 0.2) is 0 Å². The normalized spacial score (nSPS) is 29.2. The number of carboxylic acid groups (broad SMARTS) is 1. The topological polar surface area (TPSA) is 63.3 Å². The van der Waals surface area contributed by atoms with E-state index in [0.717, 1.165) is 24.8 Å². The van der Waals surface area contributed by atoms with Gasteiger partial charge in [0.2, 0.25) is 0 Å². The number of rotatable bonds is 1. The van der Waals surface area contributed by atoms with Crippen molar-refractivity contribution in [1.82, 2.24) is 0 Å². The van der Waals surface area contributed by atoms with Crippen LogP contribution >= 0.6 is 0 Å². The molecule has 0 saturated heterocycles. The van der Waals surface area contributed by atoms with Crippen LogP contribution in [0.3, 0.4) is 0 Å². The second-order valence-electron chi connectivity index (χ2n) is 2.52. The van der Waals surface area contributed by atoms with Crippen molar-refractivity contribution in [3.8, 4) is 0 Å². The molecule has 0 radical (unpaired) electrons. The highest BCUT2D eigenvalue weighted by molar-refractivity contribution is 5.74. The molecule has 3 nitrogen and oxygen atoms in total. The Balaban J connectivity index is 2.68. The van der Waals surface area contributed by atoms with Gasteiger partial charge in [0, 0.05) is 0 Å². The molecule has 1 rings (SSSR count). The van der Waals surface area contributed by atoms with Crippen LogP contribution in [0.25, 0.3) is 0 Å². The summed E-state index contributed by atoms with van der Waals surface area (Å²) in [6.45, 7) is 0. The van der Waals surface area contributed by atoms with Gasteiger partial charge in [-0.1, -0.05) is 0 Å². The van der Waals surface area contributed by atoms with Gasteiger partial charge in [0.25, 0.3) is 0 Å².